The van der Waals surface area contributed by atoms with Crippen LogP contribution in [0.5, 0.6) is 0 Å². The van der Waals surface area contributed by atoms with E-state index in [9.17, 15) is 21.0 Å². The molecule has 0 bridgehead atoms. The van der Waals surface area contributed by atoms with Gasteiger partial charge in [-0.1, -0.05) is 0 Å². The van der Waals surface area contributed by atoms with Crippen molar-refractivity contribution >= 4 is 27.2 Å². The van der Waals surface area contributed by atoms with E-state index >= 15 is 0 Å². The lowest BCUT2D eigenvalue weighted by atomic mass is 10.1. The van der Waals surface area contributed by atoms with Crippen LogP contribution in [0, 0.1) is 3.57 Å². The summed E-state index contributed by atoms with van der Waals surface area (Å²) in [5.41, 5.74) is -1.60. The van der Waals surface area contributed by atoms with E-state index < -0.39 is 44.5 Å². The Balaban J connectivity index is 3.35. The van der Waals surface area contributed by atoms with Crippen molar-refractivity contribution in [3.8, 4) is 0 Å². The van der Waals surface area contributed by atoms with Crippen LogP contribution in [0.25, 0.3) is 0 Å². The zero-order chi connectivity index (χ0) is 11.6. The number of benzene rings is 1. The summed E-state index contributed by atoms with van der Waals surface area (Å²) >= 11 is -1.79. The predicted octanol–water partition coefficient (Wildman–Crippen LogP) is 2.89. The molecule has 0 aliphatic carbocycles. The standard InChI is InChI=1S/C8H4F3IO3/c9-8(10,11)4-1-2-6(12-15)5(3-4)7(13)14/h1-3H,(H,13,14). The molecule has 82 valence electrons. The molecule has 0 aromatic heterocycles. The number of carbonyl (C=O) groups is 1. The highest BCUT2D eigenvalue weighted by molar-refractivity contribution is 14.1. The Kier molecular flexibility index (Phi) is 3.42. The second-order valence-electron chi connectivity index (χ2n) is 2.57. The molecule has 0 atom stereocenters. The summed E-state index contributed by atoms with van der Waals surface area (Å²) in [5.74, 6) is -1.51. The number of halogens is 4. The first kappa shape index (κ1) is 12.1. The zero-order valence-corrected chi connectivity index (χ0v) is 9.17. The van der Waals surface area contributed by atoms with Crippen LogP contribution in [0.15, 0.2) is 18.2 Å². The van der Waals surface area contributed by atoms with E-state index in [1.54, 1.807) is 0 Å². The molecule has 0 saturated heterocycles. The van der Waals surface area contributed by atoms with Crippen LogP contribution in [0.1, 0.15) is 15.9 Å². The van der Waals surface area contributed by atoms with Gasteiger partial charge in [0.2, 0.25) is 0 Å². The number of alkyl halides is 3. The molecule has 7 heteroatoms. The Morgan fingerprint density at radius 1 is 1.33 bits per heavy atom. The van der Waals surface area contributed by atoms with Crippen molar-refractivity contribution in [1.29, 1.82) is 0 Å². The average Bonchev–Trinajstić information content (AvgIpc) is 2.15. The van der Waals surface area contributed by atoms with Crippen molar-refractivity contribution in [3.05, 3.63) is 32.9 Å². The normalized spacial score (nSPS) is 11.4. The summed E-state index contributed by atoms with van der Waals surface area (Å²) < 4.78 is 47.2. The predicted molar refractivity (Wildman–Crippen MR) is 51.8 cm³/mol. The highest BCUT2D eigenvalue weighted by atomic mass is 127. The minimum absolute atomic E-state index is 0.0469. The van der Waals surface area contributed by atoms with Gasteiger partial charge in [0.15, 0.2) is 21.2 Å². The molecule has 0 heterocycles. The monoisotopic (exact) mass is 332 g/mol. The molecule has 1 N–H and O–H groups in total. The maximum Gasteiger partial charge on any atom is 0.416 e. The van der Waals surface area contributed by atoms with Crippen LogP contribution < -0.4 is 0 Å². The highest BCUT2D eigenvalue weighted by Gasteiger charge is 2.31. The average molecular weight is 332 g/mol. The first-order chi connectivity index (χ1) is 6.86. The second kappa shape index (κ2) is 4.25. The molecule has 0 fully saturated rings. The molecule has 0 unspecified atom stereocenters. The summed E-state index contributed by atoms with van der Waals surface area (Å²) in [6.07, 6.45) is -4.59. The molecule has 1 rings (SSSR count). The van der Waals surface area contributed by atoms with Crippen LogP contribution in [-0.4, -0.2) is 11.1 Å². The van der Waals surface area contributed by atoms with E-state index in [1.807, 2.05) is 0 Å². The van der Waals surface area contributed by atoms with Crippen molar-refractivity contribution in [2.75, 3.05) is 0 Å². The molecule has 0 aliphatic heterocycles. The van der Waals surface area contributed by atoms with Gasteiger partial charge in [-0.25, -0.2) is 4.79 Å². The number of rotatable bonds is 2. The van der Waals surface area contributed by atoms with Crippen LogP contribution in [0.2, 0.25) is 0 Å². The summed E-state index contributed by atoms with van der Waals surface area (Å²) in [6, 6.07) is 2.15. The van der Waals surface area contributed by atoms with Crippen molar-refractivity contribution in [2.45, 2.75) is 6.18 Å². The van der Waals surface area contributed by atoms with Gasteiger partial charge in [-0.2, -0.15) is 13.2 Å². The molecule has 1 aromatic carbocycles. The lowest BCUT2D eigenvalue weighted by Gasteiger charge is -2.07. The van der Waals surface area contributed by atoms with Gasteiger partial charge in [-0.05, 0) is 18.2 Å². The van der Waals surface area contributed by atoms with Gasteiger partial charge >= 0.3 is 12.1 Å². The molecular formula is C8H4F3IO3. The molecule has 0 amide bonds. The SMILES string of the molecule is O=Ic1ccc(C(F)(F)F)cc1C(=O)O. The van der Waals surface area contributed by atoms with Gasteiger partial charge in [-0.15, -0.1) is 0 Å². The van der Waals surface area contributed by atoms with E-state index in [0.717, 1.165) is 12.1 Å². The fourth-order valence-corrected chi connectivity index (χ4v) is 1.88. The van der Waals surface area contributed by atoms with Gasteiger partial charge in [0.1, 0.15) is 0 Å². The number of hydrogen-bond donors (Lipinski definition) is 1. The molecule has 1 aromatic rings. The van der Waals surface area contributed by atoms with Crippen LogP contribution in [-0.2, 0) is 9.25 Å². The van der Waals surface area contributed by atoms with Crippen LogP contribution >= 0.6 is 21.2 Å². The Bertz CT molecular complexity index is 414. The fraction of sp³-hybridized carbons (Fsp3) is 0.125. The first-order valence-electron chi connectivity index (χ1n) is 3.58. The summed E-state index contributed by atoms with van der Waals surface area (Å²) in [4.78, 5) is 10.6. The van der Waals surface area contributed by atoms with E-state index in [2.05, 4.69) is 0 Å². The number of carboxylic acid groups (broad SMARTS) is 1. The topological polar surface area (TPSA) is 54.4 Å². The maximum atomic E-state index is 12.2. The molecule has 0 aliphatic rings. The largest absolute Gasteiger partial charge is 0.478 e. The first-order valence-corrected chi connectivity index (χ1v) is 5.54. The minimum Gasteiger partial charge on any atom is -0.478 e. The third-order valence-corrected chi connectivity index (χ3v) is 3.02. The number of aromatic carboxylic acids is 1. The summed E-state index contributed by atoms with van der Waals surface area (Å²) in [5, 5.41) is 8.60. The van der Waals surface area contributed by atoms with E-state index in [1.165, 1.54) is 0 Å². The third kappa shape index (κ3) is 2.74. The second-order valence-corrected chi connectivity index (χ2v) is 4.18. The molecule has 15 heavy (non-hydrogen) atoms. The highest BCUT2D eigenvalue weighted by Crippen LogP contribution is 2.31. The van der Waals surface area contributed by atoms with Gasteiger partial charge in [-0.3, -0.25) is 3.07 Å². The third-order valence-electron chi connectivity index (χ3n) is 1.61. The number of hydrogen-bond acceptors (Lipinski definition) is 2. The Morgan fingerprint density at radius 2 is 1.93 bits per heavy atom. The van der Waals surface area contributed by atoms with Crippen molar-refractivity contribution < 1.29 is 26.1 Å². The van der Waals surface area contributed by atoms with Crippen molar-refractivity contribution in [2.24, 2.45) is 0 Å². The summed E-state index contributed by atoms with van der Waals surface area (Å²) in [7, 11) is 0. The maximum absolute atomic E-state index is 12.2. The lowest BCUT2D eigenvalue weighted by Crippen LogP contribution is -2.08. The van der Waals surface area contributed by atoms with Crippen molar-refractivity contribution in [3.63, 3.8) is 0 Å². The van der Waals surface area contributed by atoms with Crippen LogP contribution in [0.3, 0.4) is 0 Å². The Morgan fingerprint density at radius 3 is 2.33 bits per heavy atom. The zero-order valence-electron chi connectivity index (χ0n) is 7.01. The van der Waals surface area contributed by atoms with Gasteiger partial charge in [0, 0.05) is 0 Å². The van der Waals surface area contributed by atoms with E-state index in [0.29, 0.717) is 6.07 Å². The fourth-order valence-electron chi connectivity index (χ4n) is 0.933. The van der Waals surface area contributed by atoms with Gasteiger partial charge in [0.25, 0.3) is 0 Å². The molecule has 0 spiro atoms. The molecular weight excluding hydrogens is 328 g/mol. The van der Waals surface area contributed by atoms with E-state index in [4.69, 9.17) is 5.11 Å². The van der Waals surface area contributed by atoms with Crippen molar-refractivity contribution in [1.82, 2.24) is 0 Å². The lowest BCUT2D eigenvalue weighted by molar-refractivity contribution is -0.137. The molecule has 0 saturated carbocycles. The van der Waals surface area contributed by atoms with Gasteiger partial charge in [0.05, 0.1) is 14.7 Å². The number of carboxylic acids is 1. The Hall–Kier alpha value is -0.990. The quantitative estimate of drug-likeness (QED) is 0.848. The van der Waals surface area contributed by atoms with Gasteiger partial charge < -0.3 is 5.11 Å². The Labute approximate surface area is 92.6 Å². The molecule has 3 nitrogen and oxygen atoms in total. The van der Waals surface area contributed by atoms with E-state index in [-0.39, 0.29) is 3.57 Å². The van der Waals surface area contributed by atoms with Crippen LogP contribution in [0.4, 0.5) is 13.2 Å². The smallest absolute Gasteiger partial charge is 0.416 e. The minimum atomic E-state index is -4.59. The molecule has 0 radical (unpaired) electrons. The summed E-state index contributed by atoms with van der Waals surface area (Å²) in [6.45, 7) is 0.